The fourth-order valence-corrected chi connectivity index (χ4v) is 4.48. The first-order chi connectivity index (χ1) is 10.6. The summed E-state index contributed by atoms with van der Waals surface area (Å²) < 4.78 is 0. The van der Waals surface area contributed by atoms with Gasteiger partial charge in [-0.3, -0.25) is 0 Å². The lowest BCUT2D eigenvalue weighted by Gasteiger charge is -2.46. The molecule has 0 amide bonds. The van der Waals surface area contributed by atoms with Crippen molar-refractivity contribution in [2.45, 2.75) is 44.9 Å². The smallest absolute Gasteiger partial charge is 0.00164 e. The molecule has 1 heteroatoms. The largest absolute Gasteiger partial charge is 0.306 e. The molecule has 1 heterocycles. The van der Waals surface area contributed by atoms with Gasteiger partial charge in [0.15, 0.2) is 0 Å². The van der Waals surface area contributed by atoms with E-state index in [1.165, 1.54) is 44.3 Å². The van der Waals surface area contributed by atoms with Gasteiger partial charge in [0.25, 0.3) is 0 Å². The first-order valence-corrected chi connectivity index (χ1v) is 8.69. The molecule has 1 nitrogen and oxygen atoms in total. The van der Waals surface area contributed by atoms with Gasteiger partial charge < -0.3 is 4.90 Å². The van der Waals surface area contributed by atoms with Crippen molar-refractivity contribution < 1.29 is 0 Å². The Morgan fingerprint density at radius 1 is 1.32 bits per heavy atom. The predicted octanol–water partition coefficient (Wildman–Crippen LogP) is 4.95. The highest BCUT2D eigenvalue weighted by Crippen LogP contribution is 2.49. The molecule has 1 aliphatic heterocycles. The summed E-state index contributed by atoms with van der Waals surface area (Å²) in [7, 11) is 2.26. The normalized spacial score (nSPS) is 24.5. The van der Waals surface area contributed by atoms with E-state index in [0.717, 1.165) is 6.42 Å². The van der Waals surface area contributed by atoms with Gasteiger partial charge in [-0.25, -0.2) is 0 Å². The second kappa shape index (κ2) is 6.42. The van der Waals surface area contributed by atoms with Gasteiger partial charge >= 0.3 is 0 Å². The molecule has 0 N–H and O–H groups in total. The van der Waals surface area contributed by atoms with Crippen LogP contribution in [0.3, 0.4) is 0 Å². The average Bonchev–Trinajstić information content (AvgIpc) is 2.51. The van der Waals surface area contributed by atoms with Crippen LogP contribution in [0.2, 0.25) is 0 Å². The number of nitrogens with zero attached hydrogens (tertiary/aromatic N) is 1. The number of benzene rings is 1. The second-order valence-electron chi connectivity index (χ2n) is 7.44. The Balaban J connectivity index is 1.86. The van der Waals surface area contributed by atoms with Crippen molar-refractivity contribution in [3.05, 3.63) is 59.7 Å². The Bertz CT molecular complexity index is 561. The summed E-state index contributed by atoms with van der Waals surface area (Å²) in [5, 5.41) is 0. The lowest BCUT2D eigenvalue weighted by atomic mass is 9.62. The summed E-state index contributed by atoms with van der Waals surface area (Å²) in [6.45, 7) is 8.85. The molecule has 1 spiro atoms. The van der Waals surface area contributed by atoms with Gasteiger partial charge in [0.2, 0.25) is 0 Å². The van der Waals surface area contributed by atoms with E-state index in [2.05, 4.69) is 61.9 Å². The van der Waals surface area contributed by atoms with Crippen LogP contribution in [-0.4, -0.2) is 25.0 Å². The van der Waals surface area contributed by atoms with E-state index in [1.54, 1.807) is 11.1 Å². The number of hydrogen-bond donors (Lipinski definition) is 0. The van der Waals surface area contributed by atoms with Crippen molar-refractivity contribution in [3.63, 3.8) is 0 Å². The summed E-state index contributed by atoms with van der Waals surface area (Å²) in [6.07, 6.45) is 10.7. The highest BCUT2D eigenvalue weighted by molar-refractivity contribution is 5.36. The van der Waals surface area contributed by atoms with Gasteiger partial charge in [-0.15, -0.1) is 0 Å². The molecule has 1 aromatic carbocycles. The predicted molar refractivity (Wildman–Crippen MR) is 95.2 cm³/mol. The van der Waals surface area contributed by atoms with E-state index in [4.69, 9.17) is 0 Å². The Morgan fingerprint density at radius 2 is 2.05 bits per heavy atom. The van der Waals surface area contributed by atoms with Gasteiger partial charge in [-0.05, 0) is 81.6 Å². The summed E-state index contributed by atoms with van der Waals surface area (Å²) in [5.74, 6) is 0.650. The van der Waals surface area contributed by atoms with Crippen molar-refractivity contribution in [1.82, 2.24) is 4.90 Å². The molecule has 1 unspecified atom stereocenters. The Hall–Kier alpha value is -1.34. The zero-order valence-electron chi connectivity index (χ0n) is 14.1. The van der Waals surface area contributed by atoms with Gasteiger partial charge in [-0.2, -0.15) is 0 Å². The maximum absolute atomic E-state index is 4.26. The zero-order valence-corrected chi connectivity index (χ0v) is 14.1. The maximum Gasteiger partial charge on any atom is -0.00164 e. The molecule has 3 rings (SSSR count). The number of fused-ring (bicyclic) bond motifs is 1. The van der Waals surface area contributed by atoms with Crippen LogP contribution < -0.4 is 0 Å². The minimum absolute atomic E-state index is 0.530. The number of hydrogen-bond acceptors (Lipinski definition) is 1. The van der Waals surface area contributed by atoms with Crippen LogP contribution in [0.4, 0.5) is 0 Å². The van der Waals surface area contributed by atoms with E-state index in [9.17, 15) is 0 Å². The SMILES string of the molecule is C=C(/C=C\C)CC1CC2(CCN(C)CC2)Cc2ccccc21. The summed E-state index contributed by atoms with van der Waals surface area (Å²) in [5.41, 5.74) is 4.98. The van der Waals surface area contributed by atoms with Crippen LogP contribution in [-0.2, 0) is 6.42 Å². The fraction of sp³-hybridized carbons (Fsp3) is 0.524. The van der Waals surface area contributed by atoms with Crippen molar-refractivity contribution >= 4 is 0 Å². The van der Waals surface area contributed by atoms with Crippen molar-refractivity contribution in [3.8, 4) is 0 Å². The van der Waals surface area contributed by atoms with E-state index in [0.29, 0.717) is 11.3 Å². The molecule has 118 valence electrons. The van der Waals surface area contributed by atoms with Crippen molar-refractivity contribution in [1.29, 1.82) is 0 Å². The van der Waals surface area contributed by atoms with Crippen molar-refractivity contribution in [2.75, 3.05) is 20.1 Å². The summed E-state index contributed by atoms with van der Waals surface area (Å²) in [4.78, 5) is 2.49. The molecule has 1 saturated heterocycles. The van der Waals surface area contributed by atoms with Crippen LogP contribution in [0.5, 0.6) is 0 Å². The minimum atomic E-state index is 0.530. The molecular formula is C21H29N. The number of likely N-dealkylation sites (tertiary alicyclic amines) is 1. The topological polar surface area (TPSA) is 3.24 Å². The molecule has 0 saturated carbocycles. The second-order valence-corrected chi connectivity index (χ2v) is 7.44. The first kappa shape index (κ1) is 15.6. The molecule has 0 radical (unpaired) electrons. The molecule has 1 atom stereocenters. The molecule has 22 heavy (non-hydrogen) atoms. The average molecular weight is 295 g/mol. The van der Waals surface area contributed by atoms with Gasteiger partial charge in [0, 0.05) is 0 Å². The zero-order chi connectivity index (χ0) is 15.6. The number of piperidine rings is 1. The lowest BCUT2D eigenvalue weighted by molar-refractivity contribution is 0.0957. The monoisotopic (exact) mass is 295 g/mol. The standard InChI is InChI=1S/C21H29N/c1-4-7-17(2)14-19-16-21(10-12-22(3)13-11-21)15-18-8-5-6-9-20(18)19/h4-9,19H,2,10-16H2,1,3H3/b7-4-. The molecule has 1 fully saturated rings. The molecule has 1 aliphatic carbocycles. The first-order valence-electron chi connectivity index (χ1n) is 8.69. The van der Waals surface area contributed by atoms with Gasteiger partial charge in [0.05, 0.1) is 0 Å². The van der Waals surface area contributed by atoms with Crippen LogP contribution in [0.15, 0.2) is 48.6 Å². The van der Waals surface area contributed by atoms with E-state index in [-0.39, 0.29) is 0 Å². The molecule has 2 aliphatic rings. The molecule has 0 aromatic heterocycles. The van der Waals surface area contributed by atoms with Crippen LogP contribution in [0.25, 0.3) is 0 Å². The number of rotatable bonds is 3. The van der Waals surface area contributed by atoms with E-state index >= 15 is 0 Å². The van der Waals surface area contributed by atoms with Crippen LogP contribution in [0, 0.1) is 5.41 Å². The van der Waals surface area contributed by atoms with E-state index in [1.807, 2.05) is 0 Å². The van der Waals surface area contributed by atoms with E-state index < -0.39 is 0 Å². The molecule has 0 bridgehead atoms. The Kier molecular flexibility index (Phi) is 4.54. The lowest BCUT2D eigenvalue weighted by Crippen LogP contribution is -2.42. The Morgan fingerprint density at radius 3 is 2.77 bits per heavy atom. The number of allylic oxidation sites excluding steroid dienone is 3. The minimum Gasteiger partial charge on any atom is -0.306 e. The molecule has 1 aromatic rings. The van der Waals surface area contributed by atoms with Gasteiger partial charge in [0.1, 0.15) is 0 Å². The van der Waals surface area contributed by atoms with Gasteiger partial charge in [-0.1, -0.05) is 48.6 Å². The summed E-state index contributed by atoms with van der Waals surface area (Å²) in [6, 6.07) is 9.13. The Labute approximate surface area is 135 Å². The maximum atomic E-state index is 4.26. The van der Waals surface area contributed by atoms with Crippen LogP contribution in [0.1, 0.15) is 49.7 Å². The molecular weight excluding hydrogens is 266 g/mol. The fourth-order valence-electron chi connectivity index (χ4n) is 4.48. The third-order valence-corrected chi connectivity index (χ3v) is 5.70. The van der Waals surface area contributed by atoms with Crippen molar-refractivity contribution in [2.24, 2.45) is 5.41 Å². The quantitative estimate of drug-likeness (QED) is 0.713. The third-order valence-electron chi connectivity index (χ3n) is 5.70. The third kappa shape index (κ3) is 3.20. The highest BCUT2D eigenvalue weighted by Gasteiger charge is 2.40. The summed E-state index contributed by atoms with van der Waals surface area (Å²) >= 11 is 0. The van der Waals surface area contributed by atoms with Crippen LogP contribution >= 0.6 is 0 Å². The highest BCUT2D eigenvalue weighted by atomic mass is 15.1.